The van der Waals surface area contributed by atoms with Gasteiger partial charge in [0.15, 0.2) is 0 Å². The molecular weight excluding hydrogens is 258 g/mol. The fourth-order valence-corrected chi connectivity index (χ4v) is 3.53. The second kappa shape index (κ2) is 7.06. The van der Waals surface area contributed by atoms with Crippen LogP contribution < -0.4 is 5.32 Å². The van der Waals surface area contributed by atoms with Gasteiger partial charge in [0.25, 0.3) is 0 Å². The maximum atomic E-state index is 12.0. The Hall–Kier alpha value is -0.870. The zero-order valence-electron chi connectivity index (χ0n) is 11.5. The van der Waals surface area contributed by atoms with E-state index in [1.165, 1.54) is 4.88 Å². The van der Waals surface area contributed by atoms with Gasteiger partial charge in [-0.25, -0.2) is 0 Å². The highest BCUT2D eigenvalue weighted by Crippen LogP contribution is 2.23. The van der Waals surface area contributed by atoms with Crippen molar-refractivity contribution < 1.29 is 9.90 Å². The molecule has 1 aromatic rings. The van der Waals surface area contributed by atoms with Gasteiger partial charge in [0.05, 0.1) is 6.10 Å². The third-order valence-corrected chi connectivity index (χ3v) is 4.75. The molecular formula is C15H23NO2S. The van der Waals surface area contributed by atoms with Gasteiger partial charge in [0.2, 0.25) is 5.91 Å². The molecule has 1 aliphatic carbocycles. The molecule has 0 bridgehead atoms. The first kappa shape index (κ1) is 14.5. The Balaban J connectivity index is 1.71. The second-order valence-corrected chi connectivity index (χ2v) is 6.65. The standard InChI is InChI=1S/C15H23NO2S/c1-11(8-14-6-3-7-19-14)15(18)16-10-12-4-2-5-13(17)9-12/h3,6-7,11-13,17H,2,4-5,8-10H2,1H3,(H,16,18). The molecule has 1 aromatic heterocycles. The first-order valence-electron chi connectivity index (χ1n) is 7.13. The molecule has 4 heteroatoms. The smallest absolute Gasteiger partial charge is 0.223 e. The van der Waals surface area contributed by atoms with Crippen LogP contribution in [0.3, 0.4) is 0 Å². The van der Waals surface area contributed by atoms with E-state index in [1.807, 2.05) is 18.4 Å². The Kier molecular flexibility index (Phi) is 5.40. The Morgan fingerprint density at radius 2 is 2.42 bits per heavy atom. The van der Waals surface area contributed by atoms with Crippen molar-refractivity contribution in [2.45, 2.75) is 45.1 Å². The van der Waals surface area contributed by atoms with Crippen molar-refractivity contribution in [2.24, 2.45) is 11.8 Å². The highest BCUT2D eigenvalue weighted by molar-refractivity contribution is 7.09. The van der Waals surface area contributed by atoms with Crippen LogP contribution in [0.2, 0.25) is 0 Å². The number of hydrogen-bond donors (Lipinski definition) is 2. The van der Waals surface area contributed by atoms with Crippen molar-refractivity contribution in [3.05, 3.63) is 22.4 Å². The van der Waals surface area contributed by atoms with Crippen LogP contribution in [0.5, 0.6) is 0 Å². The van der Waals surface area contributed by atoms with Crippen LogP contribution in [0.4, 0.5) is 0 Å². The number of hydrogen-bond acceptors (Lipinski definition) is 3. The second-order valence-electron chi connectivity index (χ2n) is 5.62. The molecule has 3 nitrogen and oxygen atoms in total. The number of thiophene rings is 1. The summed E-state index contributed by atoms with van der Waals surface area (Å²) in [6, 6.07) is 4.10. The molecule has 2 N–H and O–H groups in total. The van der Waals surface area contributed by atoms with Gasteiger partial charge in [0.1, 0.15) is 0 Å². The third kappa shape index (κ3) is 4.62. The maximum absolute atomic E-state index is 12.0. The van der Waals surface area contributed by atoms with Crippen molar-refractivity contribution in [3.63, 3.8) is 0 Å². The third-order valence-electron chi connectivity index (χ3n) is 3.86. The van der Waals surface area contributed by atoms with E-state index in [-0.39, 0.29) is 17.9 Å². The van der Waals surface area contributed by atoms with Gasteiger partial charge < -0.3 is 10.4 Å². The summed E-state index contributed by atoms with van der Waals surface area (Å²) in [5.41, 5.74) is 0. The molecule has 1 heterocycles. The van der Waals surface area contributed by atoms with Crippen LogP contribution in [-0.4, -0.2) is 23.7 Å². The number of aliphatic hydroxyl groups is 1. The van der Waals surface area contributed by atoms with Gasteiger partial charge in [0, 0.05) is 17.3 Å². The maximum Gasteiger partial charge on any atom is 0.223 e. The summed E-state index contributed by atoms with van der Waals surface area (Å²) in [4.78, 5) is 13.3. The molecule has 1 saturated carbocycles. The van der Waals surface area contributed by atoms with E-state index < -0.39 is 0 Å². The summed E-state index contributed by atoms with van der Waals surface area (Å²) in [7, 11) is 0. The van der Waals surface area contributed by atoms with Crippen molar-refractivity contribution >= 4 is 17.2 Å². The van der Waals surface area contributed by atoms with Gasteiger partial charge in [-0.05, 0) is 43.0 Å². The number of carbonyl (C=O) groups is 1. The average molecular weight is 281 g/mol. The van der Waals surface area contributed by atoms with E-state index in [1.54, 1.807) is 11.3 Å². The average Bonchev–Trinajstić information content (AvgIpc) is 2.89. The zero-order valence-corrected chi connectivity index (χ0v) is 12.3. The molecule has 19 heavy (non-hydrogen) atoms. The molecule has 3 atom stereocenters. The topological polar surface area (TPSA) is 49.3 Å². The van der Waals surface area contributed by atoms with Crippen LogP contribution in [-0.2, 0) is 11.2 Å². The number of amides is 1. The lowest BCUT2D eigenvalue weighted by atomic mass is 9.87. The summed E-state index contributed by atoms with van der Waals surface area (Å²) in [6.07, 6.45) is 4.60. The first-order valence-corrected chi connectivity index (χ1v) is 8.01. The highest BCUT2D eigenvalue weighted by Gasteiger charge is 2.21. The zero-order chi connectivity index (χ0) is 13.7. The minimum Gasteiger partial charge on any atom is -0.393 e. The lowest BCUT2D eigenvalue weighted by Gasteiger charge is -2.26. The van der Waals surface area contributed by atoms with Crippen LogP contribution >= 0.6 is 11.3 Å². The van der Waals surface area contributed by atoms with Gasteiger partial charge in [-0.15, -0.1) is 11.3 Å². The Morgan fingerprint density at radius 3 is 3.11 bits per heavy atom. The fraction of sp³-hybridized carbons (Fsp3) is 0.667. The highest BCUT2D eigenvalue weighted by atomic mass is 32.1. The minimum absolute atomic E-state index is 0.0205. The fourth-order valence-electron chi connectivity index (χ4n) is 2.69. The Morgan fingerprint density at radius 1 is 1.58 bits per heavy atom. The van der Waals surface area contributed by atoms with Crippen LogP contribution in [0, 0.1) is 11.8 Å². The molecule has 106 valence electrons. The number of rotatable bonds is 5. The molecule has 3 unspecified atom stereocenters. The van der Waals surface area contributed by atoms with Crippen LogP contribution in [0.1, 0.15) is 37.5 Å². The lowest BCUT2D eigenvalue weighted by Crippen LogP contribution is -2.36. The molecule has 1 amide bonds. The normalized spacial score (nSPS) is 24.9. The minimum atomic E-state index is -0.167. The van der Waals surface area contributed by atoms with Crippen LogP contribution in [0.25, 0.3) is 0 Å². The van der Waals surface area contributed by atoms with Crippen molar-refractivity contribution in [3.8, 4) is 0 Å². The molecule has 0 saturated heterocycles. The van der Waals surface area contributed by atoms with E-state index in [2.05, 4.69) is 11.4 Å². The van der Waals surface area contributed by atoms with Crippen molar-refractivity contribution in [2.75, 3.05) is 6.54 Å². The monoisotopic (exact) mass is 281 g/mol. The summed E-state index contributed by atoms with van der Waals surface area (Å²) < 4.78 is 0. The molecule has 1 fully saturated rings. The summed E-state index contributed by atoms with van der Waals surface area (Å²) in [6.45, 7) is 2.69. The molecule has 0 radical (unpaired) electrons. The van der Waals surface area contributed by atoms with Gasteiger partial charge >= 0.3 is 0 Å². The van der Waals surface area contributed by atoms with E-state index in [9.17, 15) is 9.90 Å². The van der Waals surface area contributed by atoms with Gasteiger partial charge in [-0.3, -0.25) is 4.79 Å². The summed E-state index contributed by atoms with van der Waals surface area (Å²) in [5.74, 6) is 0.599. The molecule has 0 spiro atoms. The van der Waals surface area contributed by atoms with Crippen molar-refractivity contribution in [1.82, 2.24) is 5.32 Å². The van der Waals surface area contributed by atoms with E-state index in [4.69, 9.17) is 0 Å². The molecule has 0 aromatic carbocycles. The quantitative estimate of drug-likeness (QED) is 0.871. The predicted molar refractivity (Wildman–Crippen MR) is 78.2 cm³/mol. The molecule has 1 aliphatic rings. The lowest BCUT2D eigenvalue weighted by molar-refractivity contribution is -0.124. The molecule has 2 rings (SSSR count). The first-order chi connectivity index (χ1) is 9.15. The van der Waals surface area contributed by atoms with E-state index in [0.717, 1.165) is 32.1 Å². The summed E-state index contributed by atoms with van der Waals surface area (Å²) in [5, 5.41) is 14.7. The van der Waals surface area contributed by atoms with Gasteiger partial charge in [-0.2, -0.15) is 0 Å². The van der Waals surface area contributed by atoms with Gasteiger partial charge in [-0.1, -0.05) is 19.4 Å². The number of nitrogens with one attached hydrogen (secondary N) is 1. The van der Waals surface area contributed by atoms with E-state index >= 15 is 0 Å². The number of aliphatic hydroxyl groups excluding tert-OH is 1. The van der Waals surface area contributed by atoms with E-state index in [0.29, 0.717) is 12.5 Å². The number of carbonyl (C=O) groups excluding carboxylic acids is 1. The Labute approximate surface area is 119 Å². The largest absolute Gasteiger partial charge is 0.393 e. The Bertz CT molecular complexity index is 391. The predicted octanol–water partition coefficient (Wildman–Crippen LogP) is 2.59. The SMILES string of the molecule is CC(Cc1cccs1)C(=O)NCC1CCCC(O)C1. The van der Waals surface area contributed by atoms with Crippen molar-refractivity contribution in [1.29, 1.82) is 0 Å². The van der Waals surface area contributed by atoms with Crippen LogP contribution in [0.15, 0.2) is 17.5 Å². The summed E-state index contributed by atoms with van der Waals surface area (Å²) >= 11 is 1.70. The molecule has 0 aliphatic heterocycles.